The van der Waals surface area contributed by atoms with Crippen molar-refractivity contribution in [1.82, 2.24) is 4.57 Å². The number of hydrogen-bond acceptors (Lipinski definition) is 3. The van der Waals surface area contributed by atoms with Crippen molar-refractivity contribution in [2.75, 3.05) is 31.2 Å². The lowest BCUT2D eigenvalue weighted by Crippen LogP contribution is -2.42. The summed E-state index contributed by atoms with van der Waals surface area (Å²) in [5.41, 5.74) is -1.73. The van der Waals surface area contributed by atoms with Gasteiger partial charge in [0, 0.05) is 25.8 Å². The third kappa shape index (κ3) is 2.75. The summed E-state index contributed by atoms with van der Waals surface area (Å²) >= 11 is 0. The molecule has 0 bridgehead atoms. The lowest BCUT2D eigenvalue weighted by Gasteiger charge is -2.30. The Morgan fingerprint density at radius 2 is 1.95 bits per heavy atom. The second kappa shape index (κ2) is 5.24. The maximum atomic E-state index is 13.0. The van der Waals surface area contributed by atoms with Crippen LogP contribution in [0.25, 0.3) is 0 Å². The van der Waals surface area contributed by atoms with Crippen LogP contribution in [0, 0.1) is 0 Å². The van der Waals surface area contributed by atoms with Crippen LogP contribution in [0.3, 0.4) is 0 Å². The Labute approximate surface area is 108 Å². The van der Waals surface area contributed by atoms with Gasteiger partial charge in [0.05, 0.1) is 18.8 Å². The van der Waals surface area contributed by atoms with E-state index in [1.165, 1.54) is 15.7 Å². The highest BCUT2D eigenvalue weighted by atomic mass is 19.4. The van der Waals surface area contributed by atoms with E-state index in [-0.39, 0.29) is 5.69 Å². The molecular formula is C12H15F3N2O2. The van der Waals surface area contributed by atoms with E-state index in [0.29, 0.717) is 32.8 Å². The van der Waals surface area contributed by atoms with Gasteiger partial charge in [-0.25, -0.2) is 0 Å². The summed E-state index contributed by atoms with van der Waals surface area (Å²) in [6.07, 6.45) is -3.34. The number of aryl methyl sites for hydroxylation is 1. The molecule has 4 nitrogen and oxygen atoms in total. The average Bonchev–Trinajstić information content (AvgIpc) is 2.38. The van der Waals surface area contributed by atoms with E-state index in [4.69, 9.17) is 4.74 Å². The molecule has 2 heterocycles. The third-order valence-electron chi connectivity index (χ3n) is 3.11. The maximum Gasteiger partial charge on any atom is 0.418 e. The summed E-state index contributed by atoms with van der Waals surface area (Å²) in [6.45, 7) is 3.32. The smallest absolute Gasteiger partial charge is 0.378 e. The number of alkyl halides is 3. The topological polar surface area (TPSA) is 34.5 Å². The van der Waals surface area contributed by atoms with E-state index in [2.05, 4.69) is 0 Å². The highest BCUT2D eigenvalue weighted by Gasteiger charge is 2.37. The molecule has 0 saturated carbocycles. The molecular weight excluding hydrogens is 261 g/mol. The van der Waals surface area contributed by atoms with Crippen molar-refractivity contribution in [2.45, 2.75) is 19.6 Å². The van der Waals surface area contributed by atoms with Crippen LogP contribution >= 0.6 is 0 Å². The van der Waals surface area contributed by atoms with E-state index in [1.807, 2.05) is 0 Å². The normalized spacial score (nSPS) is 16.7. The number of anilines is 1. The summed E-state index contributed by atoms with van der Waals surface area (Å²) in [4.78, 5) is 13.6. The van der Waals surface area contributed by atoms with Crippen molar-refractivity contribution in [2.24, 2.45) is 0 Å². The number of pyridine rings is 1. The minimum absolute atomic E-state index is 0.264. The molecule has 0 unspecified atom stereocenters. The molecule has 7 heteroatoms. The fraction of sp³-hybridized carbons (Fsp3) is 0.583. The Balaban J connectivity index is 2.56. The molecule has 1 aliphatic rings. The predicted molar refractivity (Wildman–Crippen MR) is 64.4 cm³/mol. The first-order chi connectivity index (χ1) is 8.95. The van der Waals surface area contributed by atoms with Crippen LogP contribution in [-0.4, -0.2) is 30.9 Å². The fourth-order valence-electron chi connectivity index (χ4n) is 2.13. The molecule has 0 aliphatic carbocycles. The molecule has 1 saturated heterocycles. The van der Waals surface area contributed by atoms with Crippen LogP contribution in [0.15, 0.2) is 17.1 Å². The van der Waals surface area contributed by atoms with Gasteiger partial charge in [0.15, 0.2) is 0 Å². The van der Waals surface area contributed by atoms with E-state index in [1.54, 1.807) is 6.92 Å². The Morgan fingerprint density at radius 3 is 2.47 bits per heavy atom. The molecule has 0 atom stereocenters. The van der Waals surface area contributed by atoms with Crippen LogP contribution in [0.5, 0.6) is 0 Å². The molecule has 19 heavy (non-hydrogen) atoms. The third-order valence-corrected chi connectivity index (χ3v) is 3.11. The Kier molecular flexibility index (Phi) is 3.84. The van der Waals surface area contributed by atoms with Gasteiger partial charge in [-0.2, -0.15) is 13.2 Å². The molecule has 1 aromatic heterocycles. The predicted octanol–water partition coefficient (Wildman–Crippen LogP) is 1.72. The molecule has 106 valence electrons. The number of halogens is 3. The SMILES string of the molecule is CCn1ccc(C(F)(F)F)c(N2CCOCC2)c1=O. The van der Waals surface area contributed by atoms with Gasteiger partial charge >= 0.3 is 6.18 Å². The summed E-state index contributed by atoms with van der Waals surface area (Å²) in [6, 6.07) is 0.968. The number of aromatic nitrogens is 1. The van der Waals surface area contributed by atoms with Crippen LogP contribution in [0.4, 0.5) is 18.9 Å². The lowest BCUT2D eigenvalue weighted by atomic mass is 10.2. The first kappa shape index (κ1) is 13.9. The fourth-order valence-corrected chi connectivity index (χ4v) is 2.13. The first-order valence-electron chi connectivity index (χ1n) is 6.08. The van der Waals surface area contributed by atoms with E-state index >= 15 is 0 Å². The van der Waals surface area contributed by atoms with Gasteiger partial charge in [-0.05, 0) is 13.0 Å². The van der Waals surface area contributed by atoms with Gasteiger partial charge in [0.25, 0.3) is 5.56 Å². The number of nitrogens with zero attached hydrogens (tertiary/aromatic N) is 2. The molecule has 0 amide bonds. The second-order valence-corrected chi connectivity index (χ2v) is 4.27. The van der Waals surface area contributed by atoms with Gasteiger partial charge in [0.2, 0.25) is 0 Å². The monoisotopic (exact) mass is 276 g/mol. The summed E-state index contributed by atoms with van der Waals surface area (Å²) in [5, 5.41) is 0. The quantitative estimate of drug-likeness (QED) is 0.825. The molecule has 1 aromatic rings. The minimum atomic E-state index is -4.53. The summed E-state index contributed by atoms with van der Waals surface area (Å²) in [5.74, 6) is 0. The highest BCUT2D eigenvalue weighted by Crippen LogP contribution is 2.34. The largest absolute Gasteiger partial charge is 0.418 e. The van der Waals surface area contributed by atoms with Crippen LogP contribution < -0.4 is 10.5 Å². The van der Waals surface area contributed by atoms with Gasteiger partial charge in [0.1, 0.15) is 5.69 Å². The van der Waals surface area contributed by atoms with Gasteiger partial charge in [-0.3, -0.25) is 4.79 Å². The van der Waals surface area contributed by atoms with Crippen molar-refractivity contribution < 1.29 is 17.9 Å². The maximum absolute atomic E-state index is 13.0. The van der Waals surface area contributed by atoms with Crippen LogP contribution in [0.2, 0.25) is 0 Å². The molecule has 0 aromatic carbocycles. The summed E-state index contributed by atoms with van der Waals surface area (Å²) in [7, 11) is 0. The zero-order chi connectivity index (χ0) is 14.0. The molecule has 1 fully saturated rings. The number of morpholine rings is 1. The van der Waals surface area contributed by atoms with Crippen LogP contribution in [0.1, 0.15) is 12.5 Å². The number of ether oxygens (including phenoxy) is 1. The van der Waals surface area contributed by atoms with Crippen molar-refractivity contribution in [3.05, 3.63) is 28.2 Å². The van der Waals surface area contributed by atoms with Gasteiger partial charge < -0.3 is 14.2 Å². The molecule has 0 N–H and O–H groups in total. The second-order valence-electron chi connectivity index (χ2n) is 4.27. The standard InChI is InChI=1S/C12H15F3N2O2/c1-2-16-4-3-9(12(13,14)15)10(11(16)18)17-5-7-19-8-6-17/h3-4H,2,5-8H2,1H3. The number of hydrogen-bond donors (Lipinski definition) is 0. The number of rotatable bonds is 2. The lowest BCUT2D eigenvalue weighted by molar-refractivity contribution is -0.137. The van der Waals surface area contributed by atoms with Crippen molar-refractivity contribution in [1.29, 1.82) is 0 Å². The minimum Gasteiger partial charge on any atom is -0.378 e. The van der Waals surface area contributed by atoms with E-state index < -0.39 is 17.3 Å². The Morgan fingerprint density at radius 1 is 1.32 bits per heavy atom. The van der Waals surface area contributed by atoms with Crippen molar-refractivity contribution in [3.8, 4) is 0 Å². The van der Waals surface area contributed by atoms with Gasteiger partial charge in [-0.1, -0.05) is 0 Å². The Hall–Kier alpha value is -1.50. The van der Waals surface area contributed by atoms with Crippen LogP contribution in [-0.2, 0) is 17.5 Å². The average molecular weight is 276 g/mol. The molecule has 1 aliphatic heterocycles. The first-order valence-corrected chi connectivity index (χ1v) is 6.08. The molecule has 0 spiro atoms. The highest BCUT2D eigenvalue weighted by molar-refractivity contribution is 5.53. The Bertz CT molecular complexity index is 505. The summed E-state index contributed by atoms with van der Waals surface area (Å²) < 4.78 is 45.4. The van der Waals surface area contributed by atoms with Crippen molar-refractivity contribution in [3.63, 3.8) is 0 Å². The van der Waals surface area contributed by atoms with Gasteiger partial charge in [-0.15, -0.1) is 0 Å². The van der Waals surface area contributed by atoms with E-state index in [9.17, 15) is 18.0 Å². The zero-order valence-corrected chi connectivity index (χ0v) is 10.5. The molecule has 2 rings (SSSR count). The zero-order valence-electron chi connectivity index (χ0n) is 10.5. The molecule has 0 radical (unpaired) electrons. The van der Waals surface area contributed by atoms with Crippen molar-refractivity contribution >= 4 is 5.69 Å². The van der Waals surface area contributed by atoms with E-state index in [0.717, 1.165) is 6.07 Å².